The fraction of sp³-hybridized carbons (Fsp3) is 0.273. The molecule has 2 rings (SSSR count). The Hall–Kier alpha value is -2.26. The molecule has 0 fully saturated rings. The number of nitrogens with one attached hydrogen (secondary N) is 1. The summed E-state index contributed by atoms with van der Waals surface area (Å²) in [5, 5.41) is 5.75. The molecular formula is C11H7F6N3O. The molecule has 0 aliphatic rings. The van der Waals surface area contributed by atoms with Crippen molar-refractivity contribution >= 4 is 5.95 Å². The summed E-state index contributed by atoms with van der Waals surface area (Å²) < 4.78 is 80.9. The number of alkyl halides is 6. The van der Waals surface area contributed by atoms with Gasteiger partial charge < -0.3 is 9.84 Å². The Morgan fingerprint density at radius 1 is 1.05 bits per heavy atom. The Kier molecular flexibility index (Phi) is 3.56. The molecule has 0 radical (unpaired) electrons. The van der Waals surface area contributed by atoms with E-state index >= 15 is 0 Å². The summed E-state index contributed by atoms with van der Waals surface area (Å²) in [6.07, 6.45) is -9.88. The Labute approximate surface area is 113 Å². The minimum atomic E-state index is -5.00. The summed E-state index contributed by atoms with van der Waals surface area (Å²) in [5.74, 6) is -0.613. The summed E-state index contributed by atoms with van der Waals surface area (Å²) in [7, 11) is 1.41. The quantitative estimate of drug-likeness (QED) is 0.857. The maximum atomic E-state index is 12.9. The van der Waals surface area contributed by atoms with E-state index in [1.165, 1.54) is 7.05 Å². The topological polar surface area (TPSA) is 51.0 Å². The SMILES string of the molecule is CNc1noc(-c2ccc(C(F)(F)F)cc2C(F)(F)F)n1. The molecule has 0 unspecified atom stereocenters. The predicted molar refractivity (Wildman–Crippen MR) is 59.3 cm³/mol. The maximum Gasteiger partial charge on any atom is 0.417 e. The molecule has 0 aliphatic carbocycles. The Bertz CT molecular complexity index is 646. The first-order valence-electron chi connectivity index (χ1n) is 5.43. The molecule has 4 nitrogen and oxygen atoms in total. The summed E-state index contributed by atoms with van der Waals surface area (Å²) in [4.78, 5) is 3.59. The van der Waals surface area contributed by atoms with E-state index in [4.69, 9.17) is 0 Å². The van der Waals surface area contributed by atoms with E-state index in [9.17, 15) is 26.3 Å². The first-order chi connectivity index (χ1) is 9.63. The third-order valence-electron chi connectivity index (χ3n) is 2.53. The van der Waals surface area contributed by atoms with Gasteiger partial charge in [0.25, 0.3) is 11.8 Å². The molecule has 1 heterocycles. The molecular weight excluding hydrogens is 304 g/mol. The fourth-order valence-corrected chi connectivity index (χ4v) is 1.58. The van der Waals surface area contributed by atoms with E-state index in [2.05, 4.69) is 20.0 Å². The van der Waals surface area contributed by atoms with Gasteiger partial charge >= 0.3 is 12.4 Å². The molecule has 1 N–H and O–H groups in total. The van der Waals surface area contributed by atoms with Gasteiger partial charge in [0.15, 0.2) is 0 Å². The highest BCUT2D eigenvalue weighted by molar-refractivity contribution is 5.61. The zero-order chi connectivity index (χ0) is 15.8. The van der Waals surface area contributed by atoms with Crippen molar-refractivity contribution in [1.29, 1.82) is 0 Å². The van der Waals surface area contributed by atoms with Crippen molar-refractivity contribution in [2.75, 3.05) is 12.4 Å². The van der Waals surface area contributed by atoms with Crippen LogP contribution in [0, 0.1) is 0 Å². The molecule has 0 atom stereocenters. The number of hydrogen-bond acceptors (Lipinski definition) is 4. The zero-order valence-corrected chi connectivity index (χ0v) is 10.3. The van der Waals surface area contributed by atoms with Crippen LogP contribution in [0.5, 0.6) is 0 Å². The van der Waals surface area contributed by atoms with Crippen LogP contribution in [0.4, 0.5) is 32.3 Å². The largest absolute Gasteiger partial charge is 0.417 e. The molecule has 114 valence electrons. The molecule has 1 aromatic heterocycles. The third kappa shape index (κ3) is 3.09. The second-order valence-electron chi connectivity index (χ2n) is 3.93. The zero-order valence-electron chi connectivity index (χ0n) is 10.3. The number of aromatic nitrogens is 2. The first kappa shape index (κ1) is 15.1. The molecule has 21 heavy (non-hydrogen) atoms. The van der Waals surface area contributed by atoms with Crippen molar-refractivity contribution in [2.24, 2.45) is 0 Å². The van der Waals surface area contributed by atoms with Crippen LogP contribution in [0.3, 0.4) is 0 Å². The smallest absolute Gasteiger partial charge is 0.355 e. The van der Waals surface area contributed by atoms with Crippen molar-refractivity contribution < 1.29 is 30.9 Å². The van der Waals surface area contributed by atoms with Crippen LogP contribution in [-0.2, 0) is 12.4 Å². The summed E-state index contributed by atoms with van der Waals surface area (Å²) in [6.45, 7) is 0. The third-order valence-corrected chi connectivity index (χ3v) is 2.53. The van der Waals surface area contributed by atoms with Gasteiger partial charge in [-0.2, -0.15) is 31.3 Å². The maximum absolute atomic E-state index is 12.9. The lowest BCUT2D eigenvalue weighted by Crippen LogP contribution is -2.12. The molecule has 2 aromatic rings. The Balaban J connectivity index is 2.60. The molecule has 0 aliphatic heterocycles. The minimum absolute atomic E-state index is 0.0125. The van der Waals surface area contributed by atoms with Gasteiger partial charge in [-0.25, -0.2) is 0 Å². The molecule has 0 amide bonds. The Morgan fingerprint density at radius 3 is 2.19 bits per heavy atom. The van der Waals surface area contributed by atoms with Crippen LogP contribution in [-0.4, -0.2) is 17.2 Å². The van der Waals surface area contributed by atoms with Crippen molar-refractivity contribution in [3.05, 3.63) is 29.3 Å². The summed E-state index contributed by atoms with van der Waals surface area (Å²) in [6, 6.07) is 1.19. The number of nitrogens with zero attached hydrogens (tertiary/aromatic N) is 2. The Morgan fingerprint density at radius 2 is 1.71 bits per heavy atom. The number of rotatable bonds is 2. The van der Waals surface area contributed by atoms with E-state index in [0.717, 1.165) is 0 Å². The van der Waals surface area contributed by atoms with Crippen LogP contribution in [0.2, 0.25) is 0 Å². The second kappa shape index (κ2) is 4.93. The molecule has 0 saturated heterocycles. The fourth-order valence-electron chi connectivity index (χ4n) is 1.58. The number of benzene rings is 1. The van der Waals surface area contributed by atoms with Crippen LogP contribution in [0.25, 0.3) is 11.5 Å². The first-order valence-corrected chi connectivity index (χ1v) is 5.43. The van der Waals surface area contributed by atoms with Gasteiger partial charge in [-0.15, -0.1) is 0 Å². The van der Waals surface area contributed by atoms with E-state index in [1.54, 1.807) is 0 Å². The van der Waals surface area contributed by atoms with Crippen LogP contribution in [0.1, 0.15) is 11.1 Å². The van der Waals surface area contributed by atoms with Crippen molar-refractivity contribution in [3.8, 4) is 11.5 Å². The highest BCUT2D eigenvalue weighted by atomic mass is 19.4. The number of hydrogen-bond donors (Lipinski definition) is 1. The van der Waals surface area contributed by atoms with Gasteiger partial charge in [0, 0.05) is 7.05 Å². The molecule has 0 spiro atoms. The van der Waals surface area contributed by atoms with Gasteiger partial charge in [-0.1, -0.05) is 0 Å². The van der Waals surface area contributed by atoms with E-state index in [-0.39, 0.29) is 12.0 Å². The van der Waals surface area contributed by atoms with E-state index in [0.29, 0.717) is 12.1 Å². The molecule has 0 saturated carbocycles. The van der Waals surface area contributed by atoms with E-state index < -0.39 is 34.9 Å². The van der Waals surface area contributed by atoms with Crippen LogP contribution in [0.15, 0.2) is 22.7 Å². The van der Waals surface area contributed by atoms with Crippen molar-refractivity contribution in [3.63, 3.8) is 0 Å². The second-order valence-corrected chi connectivity index (χ2v) is 3.93. The van der Waals surface area contributed by atoms with Crippen molar-refractivity contribution in [2.45, 2.75) is 12.4 Å². The van der Waals surface area contributed by atoms with Gasteiger partial charge in [-0.05, 0) is 23.4 Å². The lowest BCUT2D eigenvalue weighted by Gasteiger charge is -2.13. The average molecular weight is 311 g/mol. The summed E-state index contributed by atoms with van der Waals surface area (Å²) >= 11 is 0. The van der Waals surface area contributed by atoms with Gasteiger partial charge in [-0.3, -0.25) is 0 Å². The number of halogens is 6. The number of anilines is 1. The monoisotopic (exact) mass is 311 g/mol. The average Bonchev–Trinajstić information content (AvgIpc) is 2.84. The normalized spacial score (nSPS) is 12.5. The van der Waals surface area contributed by atoms with E-state index in [1.807, 2.05) is 0 Å². The molecule has 1 aromatic carbocycles. The standard InChI is InChI=1S/C11H7F6N3O/c1-18-9-19-8(21-20-9)6-3-2-5(10(12,13)14)4-7(6)11(15,16)17/h2-4H,1H3,(H,18,20). The van der Waals surface area contributed by atoms with Gasteiger partial charge in [0.05, 0.1) is 16.7 Å². The van der Waals surface area contributed by atoms with Crippen molar-refractivity contribution in [1.82, 2.24) is 10.1 Å². The molecule has 0 bridgehead atoms. The lowest BCUT2D eigenvalue weighted by molar-refractivity contribution is -0.142. The highest BCUT2D eigenvalue weighted by Crippen LogP contribution is 2.40. The summed E-state index contributed by atoms with van der Waals surface area (Å²) in [5.41, 5.74) is -3.53. The lowest BCUT2D eigenvalue weighted by atomic mass is 10.0. The predicted octanol–water partition coefficient (Wildman–Crippen LogP) is 3.82. The van der Waals surface area contributed by atoms with Crippen LogP contribution < -0.4 is 5.32 Å². The van der Waals surface area contributed by atoms with Gasteiger partial charge in [0.1, 0.15) is 0 Å². The molecule has 10 heteroatoms. The minimum Gasteiger partial charge on any atom is -0.355 e. The highest BCUT2D eigenvalue weighted by Gasteiger charge is 2.39. The van der Waals surface area contributed by atoms with Crippen LogP contribution >= 0.6 is 0 Å². The van der Waals surface area contributed by atoms with Gasteiger partial charge in [0.2, 0.25) is 0 Å².